The summed E-state index contributed by atoms with van der Waals surface area (Å²) < 4.78 is 28.0. The van der Waals surface area contributed by atoms with Crippen LogP contribution >= 0.6 is 0 Å². The predicted molar refractivity (Wildman–Crippen MR) is 63.2 cm³/mol. The molecule has 0 N–H and O–H groups in total. The molecule has 1 spiro atoms. The summed E-state index contributed by atoms with van der Waals surface area (Å²) in [7, 11) is 1.57. The van der Waals surface area contributed by atoms with E-state index in [9.17, 15) is 4.79 Å². The lowest BCUT2D eigenvalue weighted by atomic mass is 10.1. The largest absolute Gasteiger partial charge is 0.466 e. The van der Waals surface area contributed by atoms with Gasteiger partial charge in [0.25, 0.3) is 0 Å². The Morgan fingerprint density at radius 1 is 1.32 bits per heavy atom. The van der Waals surface area contributed by atoms with Crippen molar-refractivity contribution < 1.29 is 28.5 Å². The molecule has 19 heavy (non-hydrogen) atoms. The first-order valence-corrected chi connectivity index (χ1v) is 6.66. The van der Waals surface area contributed by atoms with Crippen LogP contribution in [0.1, 0.15) is 27.2 Å². The summed E-state index contributed by atoms with van der Waals surface area (Å²) in [6.45, 7) is 5.87. The van der Waals surface area contributed by atoms with Crippen LogP contribution in [0.25, 0.3) is 0 Å². The lowest BCUT2D eigenvalue weighted by Gasteiger charge is -2.23. The zero-order valence-corrected chi connectivity index (χ0v) is 11.7. The van der Waals surface area contributed by atoms with E-state index in [2.05, 4.69) is 0 Å². The second-order valence-corrected chi connectivity index (χ2v) is 5.71. The summed E-state index contributed by atoms with van der Waals surface area (Å²) in [5.74, 6) is -1.19. The smallest absolute Gasteiger partial charge is 0.312 e. The van der Waals surface area contributed by atoms with Crippen LogP contribution in [0.3, 0.4) is 0 Å². The van der Waals surface area contributed by atoms with Crippen LogP contribution in [0.15, 0.2) is 0 Å². The Bertz CT molecular complexity index is 395. The average Bonchev–Trinajstić information content (AvgIpc) is 2.89. The number of carbonyl (C=O) groups is 1. The maximum Gasteiger partial charge on any atom is 0.312 e. The third-order valence-electron chi connectivity index (χ3n) is 3.97. The normalized spacial score (nSPS) is 46.3. The van der Waals surface area contributed by atoms with E-state index >= 15 is 0 Å². The molecule has 2 unspecified atom stereocenters. The number of rotatable bonds is 3. The molecule has 2 saturated heterocycles. The van der Waals surface area contributed by atoms with Crippen LogP contribution in [0, 0.1) is 5.92 Å². The molecule has 3 fully saturated rings. The Hall–Kier alpha value is -0.690. The van der Waals surface area contributed by atoms with Crippen molar-refractivity contribution in [3.8, 4) is 0 Å². The Balaban J connectivity index is 1.79. The van der Waals surface area contributed by atoms with E-state index in [-0.39, 0.29) is 24.1 Å². The van der Waals surface area contributed by atoms with Crippen molar-refractivity contribution in [1.82, 2.24) is 0 Å². The molecule has 6 heteroatoms. The van der Waals surface area contributed by atoms with Crippen molar-refractivity contribution in [2.45, 2.75) is 57.1 Å². The van der Waals surface area contributed by atoms with Gasteiger partial charge in [-0.1, -0.05) is 0 Å². The van der Waals surface area contributed by atoms with Crippen molar-refractivity contribution in [2.75, 3.05) is 13.7 Å². The molecule has 0 radical (unpaired) electrons. The molecule has 1 saturated carbocycles. The van der Waals surface area contributed by atoms with E-state index in [0.29, 0.717) is 13.0 Å². The van der Waals surface area contributed by atoms with Gasteiger partial charge in [-0.15, -0.1) is 0 Å². The molecule has 3 rings (SSSR count). The first-order valence-electron chi connectivity index (χ1n) is 6.66. The van der Waals surface area contributed by atoms with Gasteiger partial charge < -0.3 is 23.7 Å². The van der Waals surface area contributed by atoms with E-state index in [0.717, 1.165) is 0 Å². The van der Waals surface area contributed by atoms with Crippen LogP contribution in [0.5, 0.6) is 0 Å². The summed E-state index contributed by atoms with van der Waals surface area (Å²) in [5.41, 5.74) is -0.634. The molecular formula is C13H20O6. The van der Waals surface area contributed by atoms with Crippen molar-refractivity contribution >= 4 is 5.97 Å². The van der Waals surface area contributed by atoms with Crippen molar-refractivity contribution in [3.63, 3.8) is 0 Å². The van der Waals surface area contributed by atoms with Crippen LogP contribution in [0.4, 0.5) is 0 Å². The number of ether oxygens (including phenoxy) is 5. The predicted octanol–water partition coefficient (Wildman–Crippen LogP) is 0.831. The highest BCUT2D eigenvalue weighted by Gasteiger charge is 2.76. The standard InChI is InChI=1S/C13H20O6/c1-5-16-10(14)7-6-13(7)9-8(11(15-4)19-13)17-12(2,3)18-9/h7-9,11H,5-6H2,1-4H3/t7-,8?,9?,11-,13+/m1/s1. The molecule has 0 bridgehead atoms. The van der Waals surface area contributed by atoms with Gasteiger partial charge in [-0.2, -0.15) is 0 Å². The van der Waals surface area contributed by atoms with Crippen LogP contribution in [0.2, 0.25) is 0 Å². The van der Waals surface area contributed by atoms with E-state index in [1.165, 1.54) is 0 Å². The van der Waals surface area contributed by atoms with Gasteiger partial charge in [0, 0.05) is 7.11 Å². The minimum absolute atomic E-state index is 0.230. The second-order valence-electron chi connectivity index (χ2n) is 5.71. The van der Waals surface area contributed by atoms with Gasteiger partial charge in [-0.05, 0) is 27.2 Å². The zero-order valence-electron chi connectivity index (χ0n) is 11.7. The number of hydrogen-bond donors (Lipinski definition) is 0. The molecular weight excluding hydrogens is 252 g/mol. The molecule has 0 aromatic heterocycles. The number of fused-ring (bicyclic) bond motifs is 2. The first-order chi connectivity index (χ1) is 8.93. The Morgan fingerprint density at radius 3 is 2.68 bits per heavy atom. The van der Waals surface area contributed by atoms with Crippen LogP contribution in [-0.2, 0) is 28.5 Å². The zero-order chi connectivity index (χ0) is 13.8. The number of hydrogen-bond acceptors (Lipinski definition) is 6. The van der Waals surface area contributed by atoms with Crippen LogP contribution in [-0.4, -0.2) is 49.6 Å². The molecule has 3 aliphatic rings. The number of carbonyl (C=O) groups excluding carboxylic acids is 1. The third kappa shape index (κ3) is 1.89. The van der Waals surface area contributed by atoms with Gasteiger partial charge in [0.05, 0.1) is 12.5 Å². The fourth-order valence-corrected chi connectivity index (χ4v) is 3.13. The van der Waals surface area contributed by atoms with Crippen LogP contribution < -0.4 is 0 Å². The quantitative estimate of drug-likeness (QED) is 0.709. The maximum absolute atomic E-state index is 11.9. The SMILES string of the molecule is CCOC(=O)[C@H]1C[C@]12O[C@@H](OC)C1OC(C)(C)OC12. The second kappa shape index (κ2) is 4.15. The van der Waals surface area contributed by atoms with E-state index in [4.69, 9.17) is 23.7 Å². The fourth-order valence-electron chi connectivity index (χ4n) is 3.13. The van der Waals surface area contributed by atoms with Crippen molar-refractivity contribution in [1.29, 1.82) is 0 Å². The Kier molecular flexibility index (Phi) is 2.91. The fraction of sp³-hybridized carbons (Fsp3) is 0.923. The highest BCUT2D eigenvalue weighted by Crippen LogP contribution is 2.60. The molecule has 0 amide bonds. The summed E-state index contributed by atoms with van der Waals surface area (Å²) >= 11 is 0. The third-order valence-corrected chi connectivity index (χ3v) is 3.97. The minimum Gasteiger partial charge on any atom is -0.466 e. The van der Waals surface area contributed by atoms with Gasteiger partial charge in [-0.25, -0.2) is 0 Å². The van der Waals surface area contributed by atoms with E-state index in [1.54, 1.807) is 14.0 Å². The molecule has 0 aromatic rings. The van der Waals surface area contributed by atoms with Gasteiger partial charge in [0.1, 0.15) is 17.8 Å². The number of esters is 1. The lowest BCUT2D eigenvalue weighted by Crippen LogP contribution is -2.34. The van der Waals surface area contributed by atoms with Gasteiger partial charge in [-0.3, -0.25) is 4.79 Å². The van der Waals surface area contributed by atoms with E-state index < -0.39 is 17.7 Å². The molecule has 108 valence electrons. The highest BCUT2D eigenvalue weighted by molar-refractivity contribution is 5.78. The summed E-state index contributed by atoms with van der Waals surface area (Å²) in [6.07, 6.45) is -0.459. The summed E-state index contributed by atoms with van der Waals surface area (Å²) in [6, 6.07) is 0. The minimum atomic E-state index is -0.676. The Labute approximate surface area is 112 Å². The maximum atomic E-state index is 11.9. The lowest BCUT2D eigenvalue weighted by molar-refractivity contribution is -0.235. The highest BCUT2D eigenvalue weighted by atomic mass is 16.8. The summed E-state index contributed by atoms with van der Waals surface area (Å²) in [4.78, 5) is 11.9. The van der Waals surface area contributed by atoms with Gasteiger partial charge in [0.15, 0.2) is 12.1 Å². The molecule has 5 atom stereocenters. The van der Waals surface area contributed by atoms with E-state index in [1.807, 2.05) is 13.8 Å². The van der Waals surface area contributed by atoms with Crippen molar-refractivity contribution in [3.05, 3.63) is 0 Å². The monoisotopic (exact) mass is 272 g/mol. The first kappa shape index (κ1) is 13.3. The summed E-state index contributed by atoms with van der Waals surface area (Å²) in [5, 5.41) is 0. The molecule has 1 aliphatic carbocycles. The average molecular weight is 272 g/mol. The number of methoxy groups -OCH3 is 1. The van der Waals surface area contributed by atoms with Gasteiger partial charge >= 0.3 is 5.97 Å². The van der Waals surface area contributed by atoms with Gasteiger partial charge in [0.2, 0.25) is 0 Å². The Morgan fingerprint density at radius 2 is 2.05 bits per heavy atom. The molecule has 0 aromatic carbocycles. The van der Waals surface area contributed by atoms with Crippen molar-refractivity contribution in [2.24, 2.45) is 5.92 Å². The molecule has 2 heterocycles. The molecule has 2 aliphatic heterocycles. The molecule has 6 nitrogen and oxygen atoms in total. The topological polar surface area (TPSA) is 63.2 Å².